The summed E-state index contributed by atoms with van der Waals surface area (Å²) in [5, 5.41) is 7.14. The van der Waals surface area contributed by atoms with Crippen LogP contribution in [0, 0.1) is 6.92 Å². The highest BCUT2D eigenvalue weighted by Crippen LogP contribution is 2.38. The maximum atomic E-state index is 13.3. The number of nitrogens with one attached hydrogen (secondary N) is 1. The Morgan fingerprint density at radius 3 is 2.88 bits per heavy atom. The number of imidazole rings is 1. The van der Waals surface area contributed by atoms with Crippen molar-refractivity contribution in [2.75, 3.05) is 38.4 Å². The van der Waals surface area contributed by atoms with Gasteiger partial charge in [0.05, 0.1) is 38.7 Å². The number of aryl methyl sites for hydroxylation is 1. The monoisotopic (exact) mass is 593 g/mol. The van der Waals surface area contributed by atoms with Gasteiger partial charge in [-0.15, -0.1) is 0 Å². The molecule has 1 amide bonds. The van der Waals surface area contributed by atoms with Crippen LogP contribution in [0.3, 0.4) is 0 Å². The number of carbonyl (C=O) groups excluding carboxylic acids is 1. The number of rotatable bonds is 13. The fourth-order valence-corrected chi connectivity index (χ4v) is 5.27. The zero-order valence-corrected chi connectivity index (χ0v) is 24.2. The average molecular weight is 594 g/mol. The number of fused-ring (bicyclic) bond motifs is 1. The molecule has 1 N–H and O–H groups in total. The van der Waals surface area contributed by atoms with Gasteiger partial charge < -0.3 is 28.8 Å². The zero-order valence-electron chi connectivity index (χ0n) is 24.2. The average Bonchev–Trinajstić information content (AvgIpc) is 3.66. The second kappa shape index (κ2) is 13.7. The summed E-state index contributed by atoms with van der Waals surface area (Å²) in [6.45, 7) is 3.66. The lowest BCUT2D eigenvalue weighted by Crippen LogP contribution is -2.30. The number of halogens is 1. The predicted molar refractivity (Wildman–Crippen MR) is 155 cm³/mol. The molecule has 6 rings (SSSR count). The van der Waals surface area contributed by atoms with E-state index < -0.39 is 6.67 Å². The van der Waals surface area contributed by atoms with Gasteiger partial charge >= 0.3 is 0 Å². The van der Waals surface area contributed by atoms with Gasteiger partial charge in [0, 0.05) is 30.0 Å². The van der Waals surface area contributed by atoms with Crippen molar-refractivity contribution in [1.29, 1.82) is 0 Å². The van der Waals surface area contributed by atoms with Gasteiger partial charge in [-0.05, 0) is 68.4 Å². The molecule has 228 valence electrons. The molecule has 2 aliphatic rings. The highest BCUT2D eigenvalue weighted by molar-refractivity contribution is 6.04. The Bertz CT molecular complexity index is 1530. The number of aromatic nitrogens is 4. The van der Waals surface area contributed by atoms with E-state index in [4.69, 9.17) is 23.5 Å². The number of nitrogens with zero attached hydrogens (tertiary/aromatic N) is 4. The molecular formula is C31H36FN5O6. The Kier molecular flexibility index (Phi) is 9.37. The van der Waals surface area contributed by atoms with Crippen LogP contribution in [0.15, 0.2) is 47.2 Å². The molecule has 1 aliphatic heterocycles. The van der Waals surface area contributed by atoms with Crippen LogP contribution in [0.25, 0.3) is 17.0 Å². The van der Waals surface area contributed by atoms with E-state index in [1.165, 1.54) is 0 Å². The Labute approximate surface area is 248 Å². The number of benzene rings is 1. The normalized spacial score (nSPS) is 20.3. The van der Waals surface area contributed by atoms with Gasteiger partial charge in [-0.1, -0.05) is 17.3 Å². The third-order valence-corrected chi connectivity index (χ3v) is 7.81. The van der Waals surface area contributed by atoms with E-state index in [1.807, 2.05) is 43.5 Å². The molecule has 1 saturated carbocycles. The maximum absolute atomic E-state index is 13.3. The topological polar surface area (TPSA) is 122 Å². The minimum atomic E-state index is -0.487. The summed E-state index contributed by atoms with van der Waals surface area (Å²) < 4.78 is 42.0. The molecule has 1 aromatic carbocycles. The first-order valence-electron chi connectivity index (χ1n) is 14.8. The number of alkyl halides is 1. The van der Waals surface area contributed by atoms with Crippen LogP contribution in [0.1, 0.15) is 65.5 Å². The summed E-state index contributed by atoms with van der Waals surface area (Å²) in [6.07, 6.45) is 7.90. The van der Waals surface area contributed by atoms with E-state index in [-0.39, 0.29) is 30.8 Å². The number of anilines is 1. The number of hydrogen-bond donors (Lipinski definition) is 1. The number of amides is 1. The van der Waals surface area contributed by atoms with Gasteiger partial charge in [0.2, 0.25) is 11.7 Å². The molecule has 4 aromatic rings. The highest BCUT2D eigenvalue weighted by atomic mass is 19.1. The van der Waals surface area contributed by atoms with Gasteiger partial charge in [-0.3, -0.25) is 9.20 Å². The molecule has 11 nitrogen and oxygen atoms in total. The van der Waals surface area contributed by atoms with Gasteiger partial charge in [0.1, 0.15) is 18.0 Å². The standard InChI is InChI=1S/C31H36FN5O6/c1-20-5-6-22(29-35-31(43-36-29)23-15-24(16-23)40-11-8-32)17-25(20)34-30(38)26-18-33-27-14-21(7-9-37(26)27)19-39-12-13-42-28-4-2-3-10-41-28/h5-7,9,14,17-18,23-24,28H,2-4,8,10-13,15-16,19H2,1H3,(H,34,38). The first-order chi connectivity index (χ1) is 21.1. The zero-order chi connectivity index (χ0) is 29.6. The molecule has 4 heterocycles. The van der Waals surface area contributed by atoms with Gasteiger partial charge in [-0.25, -0.2) is 9.37 Å². The van der Waals surface area contributed by atoms with Gasteiger partial charge in [-0.2, -0.15) is 4.98 Å². The first-order valence-corrected chi connectivity index (χ1v) is 14.8. The largest absolute Gasteiger partial charge is 0.375 e. The Balaban J connectivity index is 1.04. The molecule has 1 aliphatic carbocycles. The maximum Gasteiger partial charge on any atom is 0.274 e. The van der Waals surface area contributed by atoms with Crippen LogP contribution < -0.4 is 5.32 Å². The lowest BCUT2D eigenvalue weighted by atomic mass is 9.82. The lowest BCUT2D eigenvalue weighted by Gasteiger charge is -2.32. The molecule has 1 unspecified atom stereocenters. The third-order valence-electron chi connectivity index (χ3n) is 7.81. The van der Waals surface area contributed by atoms with Crippen molar-refractivity contribution >= 4 is 17.2 Å². The summed E-state index contributed by atoms with van der Waals surface area (Å²) >= 11 is 0. The number of ether oxygens (including phenoxy) is 4. The van der Waals surface area contributed by atoms with Crippen LogP contribution >= 0.6 is 0 Å². The minimum Gasteiger partial charge on any atom is -0.375 e. The molecule has 0 bridgehead atoms. The summed E-state index contributed by atoms with van der Waals surface area (Å²) in [5.41, 5.74) is 4.25. The second-order valence-corrected chi connectivity index (χ2v) is 10.9. The number of pyridine rings is 1. The van der Waals surface area contributed by atoms with E-state index in [0.29, 0.717) is 48.6 Å². The van der Waals surface area contributed by atoms with Crippen LogP contribution in [0.4, 0.5) is 10.1 Å². The molecule has 2 fully saturated rings. The summed E-state index contributed by atoms with van der Waals surface area (Å²) in [6, 6.07) is 9.44. The van der Waals surface area contributed by atoms with E-state index in [0.717, 1.165) is 55.4 Å². The number of hydrogen-bond acceptors (Lipinski definition) is 9. The third kappa shape index (κ3) is 7.10. The molecule has 1 saturated heterocycles. The Morgan fingerprint density at radius 1 is 1.14 bits per heavy atom. The van der Waals surface area contributed by atoms with Crippen molar-refractivity contribution in [3.05, 3.63) is 65.4 Å². The van der Waals surface area contributed by atoms with Crippen molar-refractivity contribution in [1.82, 2.24) is 19.5 Å². The summed E-state index contributed by atoms with van der Waals surface area (Å²) in [4.78, 5) is 22.3. The fraction of sp³-hybridized carbons (Fsp3) is 0.484. The molecule has 12 heteroatoms. The van der Waals surface area contributed by atoms with Crippen LogP contribution in [0.2, 0.25) is 0 Å². The second-order valence-electron chi connectivity index (χ2n) is 10.9. The van der Waals surface area contributed by atoms with Crippen molar-refractivity contribution in [3.8, 4) is 11.4 Å². The first kappa shape index (κ1) is 29.4. The smallest absolute Gasteiger partial charge is 0.274 e. The fourth-order valence-electron chi connectivity index (χ4n) is 5.27. The molecule has 1 atom stereocenters. The SMILES string of the molecule is Cc1ccc(-c2noc(C3CC(OCCF)C3)n2)cc1NC(=O)c1cnc2cc(COCCOC3CCCCO3)ccn12. The van der Waals surface area contributed by atoms with Crippen LogP contribution in [-0.2, 0) is 25.6 Å². The summed E-state index contributed by atoms with van der Waals surface area (Å²) in [7, 11) is 0. The quantitative estimate of drug-likeness (QED) is 0.208. The molecule has 43 heavy (non-hydrogen) atoms. The van der Waals surface area contributed by atoms with Crippen molar-refractivity contribution in [2.24, 2.45) is 0 Å². The van der Waals surface area contributed by atoms with Gasteiger partial charge in [0.15, 0.2) is 6.29 Å². The minimum absolute atomic E-state index is 0.0311. The van der Waals surface area contributed by atoms with Crippen molar-refractivity contribution < 1.29 is 32.7 Å². The van der Waals surface area contributed by atoms with E-state index in [1.54, 1.807) is 10.6 Å². The Morgan fingerprint density at radius 2 is 2.05 bits per heavy atom. The van der Waals surface area contributed by atoms with E-state index in [2.05, 4.69) is 20.4 Å². The number of carbonyl (C=O) groups is 1. The highest BCUT2D eigenvalue weighted by Gasteiger charge is 2.35. The summed E-state index contributed by atoms with van der Waals surface area (Å²) in [5.74, 6) is 0.797. The van der Waals surface area contributed by atoms with E-state index in [9.17, 15) is 9.18 Å². The van der Waals surface area contributed by atoms with Crippen LogP contribution in [0.5, 0.6) is 0 Å². The van der Waals surface area contributed by atoms with Crippen molar-refractivity contribution in [3.63, 3.8) is 0 Å². The Hall–Kier alpha value is -3.71. The predicted octanol–water partition coefficient (Wildman–Crippen LogP) is 5.24. The van der Waals surface area contributed by atoms with Gasteiger partial charge in [0.25, 0.3) is 5.91 Å². The molecule has 3 aromatic heterocycles. The molecular weight excluding hydrogens is 557 g/mol. The lowest BCUT2D eigenvalue weighted by molar-refractivity contribution is -0.169. The molecule has 0 radical (unpaired) electrons. The molecule has 0 spiro atoms. The van der Waals surface area contributed by atoms with E-state index >= 15 is 0 Å². The van der Waals surface area contributed by atoms with Crippen LogP contribution in [-0.4, -0.2) is 70.9 Å². The van der Waals surface area contributed by atoms with Crippen molar-refractivity contribution in [2.45, 2.75) is 63.9 Å².